The lowest BCUT2D eigenvalue weighted by molar-refractivity contribution is 0.0952. The van der Waals surface area contributed by atoms with Crippen LogP contribution in [-0.2, 0) is 13.0 Å². The summed E-state index contributed by atoms with van der Waals surface area (Å²) in [5, 5.41) is 7.41. The molecule has 2 aromatic heterocycles. The Kier molecular flexibility index (Phi) is 4.97. The zero-order valence-corrected chi connectivity index (χ0v) is 14.9. The Morgan fingerprint density at radius 2 is 1.96 bits per heavy atom. The number of hydrogen-bond donors (Lipinski definition) is 1. The Labute approximate surface area is 147 Å². The van der Waals surface area contributed by atoms with E-state index in [0.717, 1.165) is 35.9 Å². The second-order valence-corrected chi connectivity index (χ2v) is 6.03. The zero-order chi connectivity index (χ0) is 17.8. The summed E-state index contributed by atoms with van der Waals surface area (Å²) < 4.78 is 3.94. The van der Waals surface area contributed by atoms with Crippen molar-refractivity contribution in [2.75, 3.05) is 6.54 Å². The van der Waals surface area contributed by atoms with Crippen molar-refractivity contribution >= 4 is 5.91 Å². The molecule has 1 aromatic carbocycles. The van der Waals surface area contributed by atoms with Gasteiger partial charge in [-0.25, -0.2) is 9.67 Å². The van der Waals surface area contributed by atoms with Crippen LogP contribution in [0.3, 0.4) is 0 Å². The topological polar surface area (TPSA) is 64.7 Å². The van der Waals surface area contributed by atoms with Gasteiger partial charge in [0.1, 0.15) is 5.82 Å². The first-order chi connectivity index (χ1) is 12.1. The molecule has 0 atom stereocenters. The van der Waals surface area contributed by atoms with E-state index in [1.807, 2.05) is 55.1 Å². The van der Waals surface area contributed by atoms with Crippen LogP contribution in [0, 0.1) is 13.8 Å². The second-order valence-electron chi connectivity index (χ2n) is 6.03. The van der Waals surface area contributed by atoms with Crippen molar-refractivity contribution in [3.8, 4) is 5.69 Å². The van der Waals surface area contributed by atoms with Crippen molar-refractivity contribution in [2.24, 2.45) is 0 Å². The first-order valence-electron chi connectivity index (χ1n) is 8.50. The largest absolute Gasteiger partial charge is 0.350 e. The number of rotatable bonds is 6. The maximum atomic E-state index is 12.3. The minimum absolute atomic E-state index is 0.0712. The van der Waals surface area contributed by atoms with Gasteiger partial charge in [0.15, 0.2) is 0 Å². The molecule has 130 valence electrons. The van der Waals surface area contributed by atoms with E-state index in [4.69, 9.17) is 0 Å². The number of carbonyl (C=O) groups excluding carboxylic acids is 1. The summed E-state index contributed by atoms with van der Waals surface area (Å²) in [6.07, 6.45) is 4.61. The normalized spacial score (nSPS) is 10.8. The molecule has 0 bridgehead atoms. The number of carbonyl (C=O) groups is 1. The first-order valence-corrected chi connectivity index (χ1v) is 8.50. The SMILES string of the molecule is CCc1nccn1CCNC(=O)c1ccc(-n2nc(C)cc2C)cc1. The molecule has 0 spiro atoms. The number of nitrogens with zero attached hydrogens (tertiary/aromatic N) is 4. The van der Waals surface area contributed by atoms with E-state index in [9.17, 15) is 4.79 Å². The van der Waals surface area contributed by atoms with Gasteiger partial charge in [-0.05, 0) is 44.2 Å². The third-order valence-corrected chi connectivity index (χ3v) is 4.14. The highest BCUT2D eigenvalue weighted by atomic mass is 16.1. The number of nitrogens with one attached hydrogen (secondary N) is 1. The lowest BCUT2D eigenvalue weighted by Crippen LogP contribution is -2.27. The number of aryl methyl sites for hydroxylation is 3. The van der Waals surface area contributed by atoms with E-state index in [1.54, 1.807) is 6.20 Å². The predicted molar refractivity (Wildman–Crippen MR) is 97.0 cm³/mol. The monoisotopic (exact) mass is 337 g/mol. The fraction of sp³-hybridized carbons (Fsp3) is 0.316. The van der Waals surface area contributed by atoms with Gasteiger partial charge in [-0.15, -0.1) is 0 Å². The highest BCUT2D eigenvalue weighted by molar-refractivity contribution is 5.94. The average molecular weight is 337 g/mol. The summed E-state index contributed by atoms with van der Waals surface area (Å²) in [4.78, 5) is 16.6. The van der Waals surface area contributed by atoms with Crippen molar-refractivity contribution in [3.05, 3.63) is 65.5 Å². The van der Waals surface area contributed by atoms with Crippen molar-refractivity contribution < 1.29 is 4.79 Å². The van der Waals surface area contributed by atoms with E-state index >= 15 is 0 Å². The molecule has 0 aliphatic carbocycles. The molecule has 0 saturated heterocycles. The number of imidazole rings is 1. The van der Waals surface area contributed by atoms with Crippen molar-refractivity contribution in [2.45, 2.75) is 33.7 Å². The minimum atomic E-state index is -0.0712. The van der Waals surface area contributed by atoms with Crippen LogP contribution in [0.2, 0.25) is 0 Å². The predicted octanol–water partition coefficient (Wildman–Crippen LogP) is 2.68. The van der Waals surface area contributed by atoms with Crippen molar-refractivity contribution in [1.29, 1.82) is 0 Å². The molecule has 1 amide bonds. The standard InChI is InChI=1S/C19H23N5O/c1-4-18-20-9-11-23(18)12-10-21-19(25)16-5-7-17(8-6-16)24-15(3)13-14(2)22-24/h5-9,11,13H,4,10,12H2,1-3H3,(H,21,25). The van der Waals surface area contributed by atoms with Gasteiger partial charge in [0, 0.05) is 43.2 Å². The van der Waals surface area contributed by atoms with Crippen LogP contribution in [0.25, 0.3) is 5.69 Å². The van der Waals surface area contributed by atoms with Gasteiger partial charge >= 0.3 is 0 Å². The molecule has 2 heterocycles. The van der Waals surface area contributed by atoms with Crippen LogP contribution < -0.4 is 5.32 Å². The molecule has 1 N–H and O–H groups in total. The molecule has 25 heavy (non-hydrogen) atoms. The third-order valence-electron chi connectivity index (χ3n) is 4.14. The number of benzene rings is 1. The summed E-state index contributed by atoms with van der Waals surface area (Å²) in [7, 11) is 0. The summed E-state index contributed by atoms with van der Waals surface area (Å²) in [6, 6.07) is 9.52. The van der Waals surface area contributed by atoms with Gasteiger partial charge in [-0.1, -0.05) is 6.92 Å². The number of aromatic nitrogens is 4. The Bertz CT molecular complexity index is 860. The lowest BCUT2D eigenvalue weighted by atomic mass is 10.2. The van der Waals surface area contributed by atoms with Gasteiger partial charge in [0.2, 0.25) is 0 Å². The zero-order valence-electron chi connectivity index (χ0n) is 14.9. The van der Waals surface area contributed by atoms with Crippen molar-refractivity contribution in [3.63, 3.8) is 0 Å². The molecule has 0 aliphatic heterocycles. The van der Waals surface area contributed by atoms with Gasteiger partial charge in [0.05, 0.1) is 11.4 Å². The Hall–Kier alpha value is -2.89. The van der Waals surface area contributed by atoms with Crippen LogP contribution in [0.4, 0.5) is 0 Å². The van der Waals surface area contributed by atoms with E-state index in [2.05, 4.69) is 26.9 Å². The number of amides is 1. The van der Waals surface area contributed by atoms with E-state index < -0.39 is 0 Å². The first kappa shape index (κ1) is 17.0. The van der Waals surface area contributed by atoms with E-state index in [-0.39, 0.29) is 5.91 Å². The van der Waals surface area contributed by atoms with Gasteiger partial charge < -0.3 is 9.88 Å². The molecule has 0 saturated carbocycles. The van der Waals surface area contributed by atoms with E-state index in [1.165, 1.54) is 0 Å². The molecule has 6 nitrogen and oxygen atoms in total. The van der Waals surface area contributed by atoms with Crippen LogP contribution in [-0.4, -0.2) is 31.8 Å². The third kappa shape index (κ3) is 3.79. The smallest absolute Gasteiger partial charge is 0.251 e. The van der Waals surface area contributed by atoms with E-state index in [0.29, 0.717) is 12.1 Å². The summed E-state index contributed by atoms with van der Waals surface area (Å²) >= 11 is 0. The Morgan fingerprint density at radius 1 is 1.20 bits per heavy atom. The van der Waals surface area contributed by atoms with Crippen LogP contribution >= 0.6 is 0 Å². The molecule has 0 aliphatic rings. The maximum Gasteiger partial charge on any atom is 0.251 e. The van der Waals surface area contributed by atoms with Crippen molar-refractivity contribution in [1.82, 2.24) is 24.6 Å². The molecule has 6 heteroatoms. The Balaban J connectivity index is 1.60. The van der Waals surface area contributed by atoms with Gasteiger partial charge in [0.25, 0.3) is 5.91 Å². The summed E-state index contributed by atoms with van der Waals surface area (Å²) in [5.41, 5.74) is 3.65. The van der Waals surface area contributed by atoms with Crippen LogP contribution in [0.1, 0.15) is 34.5 Å². The van der Waals surface area contributed by atoms with Crippen LogP contribution in [0.5, 0.6) is 0 Å². The fourth-order valence-electron chi connectivity index (χ4n) is 2.89. The summed E-state index contributed by atoms with van der Waals surface area (Å²) in [5.74, 6) is 0.960. The molecule has 3 aromatic rings. The lowest BCUT2D eigenvalue weighted by Gasteiger charge is -2.09. The second kappa shape index (κ2) is 7.34. The molecule has 3 rings (SSSR count). The highest BCUT2D eigenvalue weighted by Crippen LogP contribution is 2.13. The van der Waals surface area contributed by atoms with Gasteiger partial charge in [-0.3, -0.25) is 4.79 Å². The Morgan fingerprint density at radius 3 is 2.60 bits per heavy atom. The fourth-order valence-corrected chi connectivity index (χ4v) is 2.89. The van der Waals surface area contributed by atoms with Gasteiger partial charge in [-0.2, -0.15) is 5.10 Å². The number of hydrogen-bond acceptors (Lipinski definition) is 3. The van der Waals surface area contributed by atoms with Crippen LogP contribution in [0.15, 0.2) is 42.7 Å². The highest BCUT2D eigenvalue weighted by Gasteiger charge is 2.08. The average Bonchev–Trinajstić information content (AvgIpc) is 3.20. The molecular formula is C19H23N5O. The molecule has 0 fully saturated rings. The summed E-state index contributed by atoms with van der Waals surface area (Å²) in [6.45, 7) is 7.35. The maximum absolute atomic E-state index is 12.3. The minimum Gasteiger partial charge on any atom is -0.350 e. The molecular weight excluding hydrogens is 314 g/mol. The molecule has 0 unspecified atom stereocenters. The quantitative estimate of drug-likeness (QED) is 0.752. The molecule has 0 radical (unpaired) electrons.